The van der Waals surface area contributed by atoms with Gasteiger partial charge in [0, 0.05) is 25.6 Å². The van der Waals surface area contributed by atoms with Gasteiger partial charge in [-0.25, -0.2) is 0 Å². The highest BCUT2D eigenvalue weighted by Crippen LogP contribution is 2.42. The second-order valence-corrected chi connectivity index (χ2v) is 12.4. The number of likely N-dealkylation sites (tertiary alicyclic amines) is 1. The van der Waals surface area contributed by atoms with Gasteiger partial charge in [0.05, 0.1) is 0 Å². The summed E-state index contributed by atoms with van der Waals surface area (Å²) in [4.78, 5) is 21.0. The number of hydrogen-bond donors (Lipinski definition) is 0. The zero-order valence-electron chi connectivity index (χ0n) is 19.5. The summed E-state index contributed by atoms with van der Waals surface area (Å²) in [5.41, 5.74) is 0.443. The van der Waals surface area contributed by atoms with Gasteiger partial charge < -0.3 is 18.6 Å². The van der Waals surface area contributed by atoms with E-state index < -0.39 is 9.04 Å². The van der Waals surface area contributed by atoms with E-state index in [0.29, 0.717) is 17.6 Å². The SMILES string of the molecule is CC(C)(C)C1CN(c2nc(C(=O)N3CCC3)co2)C1O[SiH](c1ccccc1)c1ccccc1. The number of carbonyl (C=O) groups excluding carboxylic acids is 1. The molecule has 3 heterocycles. The standard InChI is InChI=1S/C26H31N3O3Si/c1-26(2,3)21-17-29(25-27-22(18-31-25)23(30)28-15-10-16-28)24(21)32-33(19-11-6-4-7-12-19)20-13-8-5-9-14-20/h4-9,11-14,18,21,24,33H,10,15-17H2,1-3H3. The second-order valence-electron chi connectivity index (χ2n) is 10.0. The second kappa shape index (κ2) is 8.80. The number of benzene rings is 2. The zero-order chi connectivity index (χ0) is 23.0. The third-order valence-corrected chi connectivity index (χ3v) is 9.27. The maximum atomic E-state index is 12.6. The first kappa shape index (κ1) is 21.9. The molecule has 0 aliphatic carbocycles. The first-order chi connectivity index (χ1) is 15.9. The largest absolute Gasteiger partial charge is 0.431 e. The Kier molecular flexibility index (Phi) is 5.84. The highest BCUT2D eigenvalue weighted by Gasteiger charge is 2.49. The summed E-state index contributed by atoms with van der Waals surface area (Å²) < 4.78 is 12.8. The number of anilines is 1. The summed E-state index contributed by atoms with van der Waals surface area (Å²) in [5.74, 6) is 0.267. The number of carbonyl (C=O) groups is 1. The van der Waals surface area contributed by atoms with Gasteiger partial charge in [-0.05, 0) is 22.2 Å². The molecule has 0 saturated carbocycles. The Hall–Kier alpha value is -2.90. The van der Waals surface area contributed by atoms with Gasteiger partial charge >= 0.3 is 0 Å². The fraction of sp³-hybridized carbons (Fsp3) is 0.385. The monoisotopic (exact) mass is 461 g/mol. The molecule has 0 bridgehead atoms. The van der Waals surface area contributed by atoms with Crippen molar-refractivity contribution in [3.8, 4) is 0 Å². The Balaban J connectivity index is 1.43. The molecule has 2 fully saturated rings. The molecule has 3 aromatic rings. The third kappa shape index (κ3) is 4.35. The molecule has 5 rings (SSSR count). The number of rotatable bonds is 6. The molecule has 7 heteroatoms. The summed E-state index contributed by atoms with van der Waals surface area (Å²) >= 11 is 0. The van der Waals surface area contributed by atoms with E-state index in [-0.39, 0.29) is 17.6 Å². The van der Waals surface area contributed by atoms with E-state index >= 15 is 0 Å². The molecule has 1 aromatic heterocycles. The smallest absolute Gasteiger partial charge is 0.300 e. The van der Waals surface area contributed by atoms with Crippen molar-refractivity contribution in [1.82, 2.24) is 9.88 Å². The summed E-state index contributed by atoms with van der Waals surface area (Å²) in [6, 6.07) is 21.5. The molecule has 6 nitrogen and oxygen atoms in total. The van der Waals surface area contributed by atoms with Crippen LogP contribution in [0.4, 0.5) is 6.01 Å². The van der Waals surface area contributed by atoms with Crippen molar-refractivity contribution in [2.45, 2.75) is 33.4 Å². The molecular formula is C26H31N3O3Si. The van der Waals surface area contributed by atoms with Crippen LogP contribution in [0.1, 0.15) is 37.7 Å². The Bertz CT molecular complexity index is 1050. The lowest BCUT2D eigenvalue weighted by molar-refractivity contribution is 0.000395. The van der Waals surface area contributed by atoms with Crippen molar-refractivity contribution < 1.29 is 13.6 Å². The normalized spacial score (nSPS) is 20.5. The quantitative estimate of drug-likeness (QED) is 0.529. The molecule has 33 heavy (non-hydrogen) atoms. The van der Waals surface area contributed by atoms with Crippen LogP contribution >= 0.6 is 0 Å². The molecule has 2 aromatic carbocycles. The highest BCUT2D eigenvalue weighted by molar-refractivity contribution is 6.80. The van der Waals surface area contributed by atoms with Gasteiger partial charge in [0.1, 0.15) is 12.5 Å². The summed E-state index contributed by atoms with van der Waals surface area (Å²) in [6.07, 6.45) is 2.38. The van der Waals surface area contributed by atoms with Crippen LogP contribution in [0.2, 0.25) is 0 Å². The molecular weight excluding hydrogens is 430 g/mol. The first-order valence-electron chi connectivity index (χ1n) is 11.7. The lowest BCUT2D eigenvalue weighted by Crippen LogP contribution is -2.65. The molecule has 2 unspecified atom stereocenters. The minimum absolute atomic E-state index is 0.0533. The Morgan fingerprint density at radius 3 is 2.15 bits per heavy atom. The van der Waals surface area contributed by atoms with Crippen LogP contribution in [-0.2, 0) is 4.43 Å². The van der Waals surface area contributed by atoms with Crippen molar-refractivity contribution in [3.63, 3.8) is 0 Å². The maximum Gasteiger partial charge on any atom is 0.300 e. The predicted molar refractivity (Wildman–Crippen MR) is 131 cm³/mol. The Morgan fingerprint density at radius 2 is 1.64 bits per heavy atom. The van der Waals surface area contributed by atoms with Crippen LogP contribution in [0.15, 0.2) is 71.3 Å². The van der Waals surface area contributed by atoms with Gasteiger partial charge in [0.25, 0.3) is 11.9 Å². The molecule has 0 N–H and O–H groups in total. The van der Waals surface area contributed by atoms with Crippen LogP contribution in [0.3, 0.4) is 0 Å². The van der Waals surface area contributed by atoms with E-state index in [9.17, 15) is 4.79 Å². The summed E-state index contributed by atoms with van der Waals surface area (Å²) in [7, 11) is -1.96. The zero-order valence-corrected chi connectivity index (χ0v) is 20.6. The van der Waals surface area contributed by atoms with Gasteiger partial charge in [-0.15, -0.1) is 0 Å². The number of aromatic nitrogens is 1. The first-order valence-corrected chi connectivity index (χ1v) is 13.3. The molecule has 1 amide bonds. The average Bonchev–Trinajstić information content (AvgIpc) is 3.22. The number of hydrogen-bond acceptors (Lipinski definition) is 5. The molecule has 172 valence electrons. The van der Waals surface area contributed by atoms with Crippen LogP contribution in [0.25, 0.3) is 0 Å². The minimum atomic E-state index is -1.96. The number of amides is 1. The van der Waals surface area contributed by atoms with Crippen molar-refractivity contribution in [1.29, 1.82) is 0 Å². The molecule has 2 saturated heterocycles. The fourth-order valence-electron chi connectivity index (χ4n) is 4.46. The third-order valence-electron chi connectivity index (χ3n) is 6.74. The van der Waals surface area contributed by atoms with Crippen LogP contribution in [0, 0.1) is 11.3 Å². The van der Waals surface area contributed by atoms with Gasteiger partial charge in [-0.1, -0.05) is 81.4 Å². The Morgan fingerprint density at radius 1 is 1.03 bits per heavy atom. The van der Waals surface area contributed by atoms with E-state index in [1.165, 1.54) is 16.6 Å². The van der Waals surface area contributed by atoms with E-state index in [0.717, 1.165) is 26.1 Å². The van der Waals surface area contributed by atoms with Gasteiger partial charge in [0.15, 0.2) is 5.69 Å². The fourth-order valence-corrected chi connectivity index (χ4v) is 6.92. The van der Waals surface area contributed by atoms with Gasteiger partial charge in [-0.3, -0.25) is 4.79 Å². The lowest BCUT2D eigenvalue weighted by Gasteiger charge is -2.53. The molecule has 2 aliphatic rings. The van der Waals surface area contributed by atoms with E-state index in [4.69, 9.17) is 8.84 Å². The molecule has 2 aliphatic heterocycles. The number of oxazole rings is 1. The van der Waals surface area contributed by atoms with E-state index in [1.54, 1.807) is 4.90 Å². The minimum Gasteiger partial charge on any atom is -0.431 e. The van der Waals surface area contributed by atoms with Crippen molar-refractivity contribution in [2.24, 2.45) is 11.3 Å². The average molecular weight is 462 g/mol. The van der Waals surface area contributed by atoms with Crippen LogP contribution in [-0.4, -0.2) is 50.7 Å². The molecule has 0 spiro atoms. The molecule has 2 atom stereocenters. The van der Waals surface area contributed by atoms with Gasteiger partial charge in [0.2, 0.25) is 9.04 Å². The Labute approximate surface area is 196 Å². The van der Waals surface area contributed by atoms with Crippen molar-refractivity contribution in [2.75, 3.05) is 24.5 Å². The molecule has 0 radical (unpaired) electrons. The lowest BCUT2D eigenvalue weighted by atomic mass is 9.74. The van der Waals surface area contributed by atoms with E-state index in [2.05, 4.69) is 79.2 Å². The van der Waals surface area contributed by atoms with Crippen molar-refractivity contribution in [3.05, 3.63) is 72.6 Å². The van der Waals surface area contributed by atoms with Crippen molar-refractivity contribution >= 4 is 31.3 Å². The summed E-state index contributed by atoms with van der Waals surface area (Å²) in [5, 5.41) is 2.48. The maximum absolute atomic E-state index is 12.6. The summed E-state index contributed by atoms with van der Waals surface area (Å²) in [6.45, 7) is 9.13. The topological polar surface area (TPSA) is 58.8 Å². The van der Waals surface area contributed by atoms with E-state index in [1.807, 2.05) is 12.1 Å². The predicted octanol–water partition coefficient (Wildman–Crippen LogP) is 2.88. The highest BCUT2D eigenvalue weighted by atomic mass is 28.3. The number of nitrogens with zero attached hydrogens (tertiary/aromatic N) is 3. The van der Waals surface area contributed by atoms with Crippen LogP contribution in [0.5, 0.6) is 0 Å². The van der Waals surface area contributed by atoms with Gasteiger partial charge in [-0.2, -0.15) is 4.98 Å². The van der Waals surface area contributed by atoms with Crippen LogP contribution < -0.4 is 15.3 Å².